The fourth-order valence-electron chi connectivity index (χ4n) is 5.47. The van der Waals surface area contributed by atoms with Gasteiger partial charge in [0.25, 0.3) is 0 Å². The molecule has 0 aromatic carbocycles. The first-order chi connectivity index (χ1) is 18.7. The van der Waals surface area contributed by atoms with Crippen LogP contribution < -0.4 is 13.7 Å². The van der Waals surface area contributed by atoms with Gasteiger partial charge in [-0.3, -0.25) is 0 Å². The number of rotatable bonds is 20. The van der Waals surface area contributed by atoms with Crippen molar-refractivity contribution in [3.05, 3.63) is 90.3 Å². The van der Waals surface area contributed by atoms with E-state index in [1.54, 1.807) is 0 Å². The first-order valence-corrected chi connectivity index (χ1v) is 15.6. The van der Waals surface area contributed by atoms with Gasteiger partial charge < -0.3 is 0 Å². The Bertz CT molecular complexity index is 950. The quantitative estimate of drug-likeness (QED) is 0.110. The Kier molecular flexibility index (Phi) is 14.7. The molecule has 0 radical (unpaired) electrons. The molecule has 0 atom stereocenters. The second kappa shape index (κ2) is 18.7. The number of pyridine rings is 3. The summed E-state index contributed by atoms with van der Waals surface area (Å²) < 4.78 is 6.90. The average molecular weight is 517 g/mol. The van der Waals surface area contributed by atoms with Crippen LogP contribution in [0.4, 0.5) is 0 Å². The van der Waals surface area contributed by atoms with Gasteiger partial charge in [-0.1, -0.05) is 51.4 Å². The Morgan fingerprint density at radius 2 is 0.921 bits per heavy atom. The van der Waals surface area contributed by atoms with Gasteiger partial charge in [-0.25, -0.2) is 13.7 Å². The number of unbranched alkanes of at least 4 members (excludes halogenated alkanes) is 12. The highest BCUT2D eigenvalue weighted by Gasteiger charge is 2.04. The molecule has 0 aliphatic heterocycles. The Labute approximate surface area is 233 Å². The van der Waals surface area contributed by atoms with E-state index in [-0.39, 0.29) is 0 Å². The van der Waals surface area contributed by atoms with Crippen molar-refractivity contribution < 1.29 is 13.7 Å². The van der Waals surface area contributed by atoms with Crippen molar-refractivity contribution in [3.8, 4) is 0 Å². The maximum Gasteiger partial charge on any atom is 0.171 e. The van der Waals surface area contributed by atoms with Gasteiger partial charge in [0.15, 0.2) is 37.2 Å². The van der Waals surface area contributed by atoms with Crippen LogP contribution in [0.15, 0.2) is 73.6 Å². The Morgan fingerprint density at radius 3 is 1.47 bits per heavy atom. The number of hydrogen-bond acceptors (Lipinski definition) is 0. The molecule has 3 heteroatoms. The van der Waals surface area contributed by atoms with E-state index in [0.717, 1.165) is 6.54 Å². The molecule has 0 amide bonds. The SMILES string of the molecule is Cc1ccc[n+](CCCCCCCCCc2ccc[n+](CCCCCCCCCc3ccc[n+](C)c3)c2)c1. The third kappa shape index (κ3) is 13.3. The van der Waals surface area contributed by atoms with E-state index in [0.29, 0.717) is 0 Å². The lowest BCUT2D eigenvalue weighted by molar-refractivity contribution is -0.697. The minimum Gasteiger partial charge on any atom is -0.208 e. The van der Waals surface area contributed by atoms with Crippen molar-refractivity contribution in [1.82, 2.24) is 0 Å². The first kappa shape index (κ1) is 30.0. The summed E-state index contributed by atoms with van der Waals surface area (Å²) in [4.78, 5) is 0. The maximum atomic E-state index is 2.42. The van der Waals surface area contributed by atoms with Crippen LogP contribution in [0.25, 0.3) is 0 Å². The van der Waals surface area contributed by atoms with E-state index < -0.39 is 0 Å². The molecule has 0 N–H and O–H groups in total. The van der Waals surface area contributed by atoms with Crippen LogP contribution >= 0.6 is 0 Å². The van der Waals surface area contributed by atoms with Gasteiger partial charge in [-0.05, 0) is 63.6 Å². The fourth-order valence-corrected chi connectivity index (χ4v) is 5.47. The number of aryl methyl sites for hydroxylation is 6. The van der Waals surface area contributed by atoms with Crippen molar-refractivity contribution in [2.75, 3.05) is 0 Å². The number of nitrogens with zero attached hydrogens (tertiary/aromatic N) is 3. The lowest BCUT2D eigenvalue weighted by Crippen LogP contribution is -2.33. The molecule has 0 aliphatic rings. The molecule has 0 aliphatic carbocycles. The Hall–Kier alpha value is -2.55. The van der Waals surface area contributed by atoms with Crippen molar-refractivity contribution in [1.29, 1.82) is 0 Å². The summed E-state index contributed by atoms with van der Waals surface area (Å²) in [5, 5.41) is 0. The van der Waals surface area contributed by atoms with Crippen LogP contribution in [0.3, 0.4) is 0 Å². The van der Waals surface area contributed by atoms with E-state index >= 15 is 0 Å². The molecule has 0 saturated heterocycles. The Morgan fingerprint density at radius 1 is 0.474 bits per heavy atom. The molecule has 0 saturated carbocycles. The van der Waals surface area contributed by atoms with Crippen molar-refractivity contribution in [2.24, 2.45) is 7.05 Å². The highest BCUT2D eigenvalue weighted by Crippen LogP contribution is 2.12. The summed E-state index contributed by atoms with van der Waals surface area (Å²) in [6, 6.07) is 13.3. The van der Waals surface area contributed by atoms with Gasteiger partial charge in [0.1, 0.15) is 20.1 Å². The largest absolute Gasteiger partial charge is 0.208 e. The molecule has 206 valence electrons. The summed E-state index contributed by atoms with van der Waals surface area (Å²) in [7, 11) is 2.11. The molecule has 3 aromatic heterocycles. The van der Waals surface area contributed by atoms with Crippen molar-refractivity contribution in [3.63, 3.8) is 0 Å². The van der Waals surface area contributed by atoms with Gasteiger partial charge in [0.05, 0.1) is 0 Å². The third-order valence-corrected chi connectivity index (χ3v) is 7.69. The fraction of sp³-hybridized carbons (Fsp3) is 0.571. The molecule has 0 spiro atoms. The van der Waals surface area contributed by atoms with E-state index in [1.165, 1.54) is 126 Å². The van der Waals surface area contributed by atoms with Crippen molar-refractivity contribution in [2.45, 2.75) is 123 Å². The summed E-state index contributed by atoms with van der Waals surface area (Å²) in [5.74, 6) is 0. The molecule has 0 fully saturated rings. The predicted octanol–water partition coefficient (Wildman–Crippen LogP) is 7.34. The van der Waals surface area contributed by atoms with E-state index in [2.05, 4.69) is 101 Å². The van der Waals surface area contributed by atoms with E-state index in [9.17, 15) is 0 Å². The van der Waals surface area contributed by atoms with Crippen LogP contribution in [0.5, 0.6) is 0 Å². The highest BCUT2D eigenvalue weighted by atomic mass is 14.9. The predicted molar refractivity (Wildman–Crippen MR) is 158 cm³/mol. The summed E-state index contributed by atoms with van der Waals surface area (Å²) >= 11 is 0. The lowest BCUT2D eigenvalue weighted by Gasteiger charge is -2.04. The molecule has 3 nitrogen and oxygen atoms in total. The summed E-state index contributed by atoms with van der Waals surface area (Å²) in [5.41, 5.74) is 4.32. The minimum absolute atomic E-state index is 1.16. The highest BCUT2D eigenvalue weighted by molar-refractivity contribution is 5.06. The topological polar surface area (TPSA) is 11.6 Å². The van der Waals surface area contributed by atoms with Gasteiger partial charge in [-0.15, -0.1) is 0 Å². The zero-order valence-electron chi connectivity index (χ0n) is 24.5. The number of aromatic nitrogens is 3. The number of hydrogen-bond donors (Lipinski definition) is 0. The standard InChI is InChI=1S/C35H54N3/c1-33-20-17-28-37(30-33)26-15-11-7-4-6-10-14-22-35-24-19-29-38(32-35)27-16-12-8-3-5-9-13-21-34-23-18-25-36(2)31-34/h17-20,23-25,28-32H,3-16,21-22,26-27H2,1-2H3/q+3. The van der Waals surface area contributed by atoms with Gasteiger partial charge in [-0.2, -0.15) is 0 Å². The summed E-state index contributed by atoms with van der Waals surface area (Å²) in [6.45, 7) is 4.49. The molecule has 38 heavy (non-hydrogen) atoms. The van der Waals surface area contributed by atoms with E-state index in [4.69, 9.17) is 0 Å². The van der Waals surface area contributed by atoms with Gasteiger partial charge in [0, 0.05) is 47.7 Å². The second-order valence-corrected chi connectivity index (χ2v) is 11.4. The third-order valence-electron chi connectivity index (χ3n) is 7.69. The zero-order valence-corrected chi connectivity index (χ0v) is 24.5. The molecular formula is C35H54N3+3. The molecule has 3 rings (SSSR count). The second-order valence-electron chi connectivity index (χ2n) is 11.4. The molecule has 3 heterocycles. The van der Waals surface area contributed by atoms with E-state index in [1.807, 2.05) is 0 Å². The maximum absolute atomic E-state index is 2.42. The lowest BCUT2D eigenvalue weighted by atomic mass is 10.0. The van der Waals surface area contributed by atoms with Crippen LogP contribution in [-0.2, 0) is 33.0 Å². The van der Waals surface area contributed by atoms with Crippen LogP contribution in [0.1, 0.15) is 107 Å². The molecule has 0 unspecified atom stereocenters. The average Bonchev–Trinajstić information content (AvgIpc) is 2.91. The van der Waals surface area contributed by atoms with Gasteiger partial charge >= 0.3 is 0 Å². The molecule has 3 aromatic rings. The summed E-state index contributed by atoms with van der Waals surface area (Å²) in [6.07, 6.45) is 34.9. The minimum atomic E-state index is 1.16. The zero-order chi connectivity index (χ0) is 26.7. The van der Waals surface area contributed by atoms with Crippen molar-refractivity contribution >= 4 is 0 Å². The molecular weight excluding hydrogens is 462 g/mol. The smallest absolute Gasteiger partial charge is 0.171 e. The van der Waals surface area contributed by atoms with Crippen LogP contribution in [0.2, 0.25) is 0 Å². The van der Waals surface area contributed by atoms with Crippen LogP contribution in [-0.4, -0.2) is 0 Å². The monoisotopic (exact) mass is 516 g/mol. The van der Waals surface area contributed by atoms with Crippen LogP contribution in [0, 0.1) is 6.92 Å². The first-order valence-electron chi connectivity index (χ1n) is 15.6. The van der Waals surface area contributed by atoms with Gasteiger partial charge in [0.2, 0.25) is 0 Å². The Balaban J connectivity index is 1.13. The molecule has 0 bridgehead atoms. The normalized spacial score (nSPS) is 11.2.